The highest BCUT2D eigenvalue weighted by Gasteiger charge is 2.00. The summed E-state index contributed by atoms with van der Waals surface area (Å²) in [5, 5.41) is 20.8. The van der Waals surface area contributed by atoms with Crippen molar-refractivity contribution in [1.29, 1.82) is 0 Å². The SMILES string of the molecule is O=C([O-])/C=C(\SCc1ccccc1)C(=O)[O-]. The molecule has 0 unspecified atom stereocenters. The first-order chi connectivity index (χ1) is 7.59. The molecule has 0 spiro atoms. The first-order valence-electron chi connectivity index (χ1n) is 4.40. The lowest BCUT2D eigenvalue weighted by Crippen LogP contribution is -2.26. The van der Waals surface area contributed by atoms with Crippen LogP contribution >= 0.6 is 11.8 Å². The zero-order chi connectivity index (χ0) is 12.0. The number of rotatable bonds is 5. The summed E-state index contributed by atoms with van der Waals surface area (Å²) in [7, 11) is 0. The van der Waals surface area contributed by atoms with E-state index in [2.05, 4.69) is 0 Å². The van der Waals surface area contributed by atoms with Gasteiger partial charge in [0.25, 0.3) is 0 Å². The molecule has 0 fully saturated rings. The fourth-order valence-corrected chi connectivity index (χ4v) is 1.81. The molecular weight excluding hydrogens is 228 g/mol. The Morgan fingerprint density at radius 1 is 1.19 bits per heavy atom. The topological polar surface area (TPSA) is 80.3 Å². The molecule has 5 heteroatoms. The van der Waals surface area contributed by atoms with Gasteiger partial charge >= 0.3 is 0 Å². The maximum atomic E-state index is 10.6. The molecular formula is C11H8O4S-2. The van der Waals surface area contributed by atoms with Gasteiger partial charge in [0.05, 0.1) is 11.9 Å². The number of thioether (sulfide) groups is 1. The second kappa shape index (κ2) is 5.97. The lowest BCUT2D eigenvalue weighted by Gasteiger charge is -2.08. The van der Waals surface area contributed by atoms with Crippen molar-refractivity contribution >= 4 is 23.7 Å². The van der Waals surface area contributed by atoms with Gasteiger partial charge in [0, 0.05) is 10.7 Å². The molecule has 1 rings (SSSR count). The van der Waals surface area contributed by atoms with E-state index in [4.69, 9.17) is 0 Å². The van der Waals surface area contributed by atoms with E-state index in [1.165, 1.54) is 0 Å². The molecule has 0 aliphatic carbocycles. The van der Waals surface area contributed by atoms with Gasteiger partial charge in [0.2, 0.25) is 0 Å². The van der Waals surface area contributed by atoms with Crippen molar-refractivity contribution in [3.8, 4) is 0 Å². The second-order valence-electron chi connectivity index (χ2n) is 2.89. The fourth-order valence-electron chi connectivity index (χ4n) is 1.00. The van der Waals surface area contributed by atoms with Crippen LogP contribution in [0.1, 0.15) is 5.56 Å². The first kappa shape index (κ1) is 12.3. The van der Waals surface area contributed by atoms with Crippen LogP contribution in [0.2, 0.25) is 0 Å². The van der Waals surface area contributed by atoms with Crippen LogP contribution in [0.4, 0.5) is 0 Å². The lowest BCUT2D eigenvalue weighted by molar-refractivity contribution is -0.302. The molecule has 0 saturated heterocycles. The Hall–Kier alpha value is -1.75. The predicted molar refractivity (Wildman–Crippen MR) is 55.8 cm³/mol. The molecule has 0 aromatic heterocycles. The van der Waals surface area contributed by atoms with E-state index in [1.807, 2.05) is 30.3 Å². The Labute approximate surface area is 96.6 Å². The third kappa shape index (κ3) is 4.18. The van der Waals surface area contributed by atoms with Crippen LogP contribution < -0.4 is 10.2 Å². The summed E-state index contributed by atoms with van der Waals surface area (Å²) in [6, 6.07) is 9.11. The molecule has 1 aromatic carbocycles. The van der Waals surface area contributed by atoms with Gasteiger partial charge in [-0.25, -0.2) is 0 Å². The van der Waals surface area contributed by atoms with Gasteiger partial charge in [0.1, 0.15) is 0 Å². The third-order valence-electron chi connectivity index (χ3n) is 1.69. The molecule has 84 valence electrons. The normalized spacial score (nSPS) is 11.1. The summed E-state index contributed by atoms with van der Waals surface area (Å²) in [5.74, 6) is -2.68. The number of carbonyl (C=O) groups is 2. The molecule has 4 nitrogen and oxygen atoms in total. The van der Waals surface area contributed by atoms with Gasteiger partial charge in [-0.2, -0.15) is 0 Å². The highest BCUT2D eigenvalue weighted by Crippen LogP contribution is 2.20. The van der Waals surface area contributed by atoms with Crippen molar-refractivity contribution in [1.82, 2.24) is 0 Å². The number of benzene rings is 1. The molecule has 0 N–H and O–H groups in total. The zero-order valence-electron chi connectivity index (χ0n) is 8.21. The number of aliphatic carboxylic acids is 2. The molecule has 16 heavy (non-hydrogen) atoms. The monoisotopic (exact) mass is 236 g/mol. The van der Waals surface area contributed by atoms with Crippen LogP contribution in [-0.2, 0) is 15.3 Å². The minimum absolute atomic E-state index is 0.344. The minimum Gasteiger partial charge on any atom is -0.545 e. The summed E-state index contributed by atoms with van der Waals surface area (Å²) in [6.07, 6.45) is 0.531. The van der Waals surface area contributed by atoms with Gasteiger partial charge in [0.15, 0.2) is 0 Å². The maximum Gasteiger partial charge on any atom is 0.0779 e. The van der Waals surface area contributed by atoms with Crippen LogP contribution in [0.3, 0.4) is 0 Å². The molecule has 1 aromatic rings. The Kier molecular flexibility index (Phi) is 4.60. The Bertz CT molecular complexity index is 411. The summed E-state index contributed by atoms with van der Waals surface area (Å²) in [4.78, 5) is 20.5. The summed E-state index contributed by atoms with van der Waals surface area (Å²) in [6.45, 7) is 0. The van der Waals surface area contributed by atoms with Gasteiger partial charge in [-0.15, -0.1) is 11.8 Å². The Morgan fingerprint density at radius 2 is 1.81 bits per heavy atom. The summed E-state index contributed by atoms with van der Waals surface area (Å²) in [5.41, 5.74) is 0.901. The average molecular weight is 236 g/mol. The number of carboxylic acid groups (broad SMARTS) is 2. The van der Waals surface area contributed by atoms with Gasteiger partial charge in [-0.1, -0.05) is 30.3 Å². The van der Waals surface area contributed by atoms with Crippen LogP contribution in [0.5, 0.6) is 0 Å². The molecule has 0 aliphatic rings. The average Bonchev–Trinajstić information content (AvgIpc) is 2.25. The third-order valence-corrected chi connectivity index (χ3v) is 2.76. The highest BCUT2D eigenvalue weighted by atomic mass is 32.2. The molecule has 0 saturated carbocycles. The van der Waals surface area contributed by atoms with Crippen molar-refractivity contribution in [3.63, 3.8) is 0 Å². The summed E-state index contributed by atoms with van der Waals surface area (Å²) < 4.78 is 0. The van der Waals surface area contributed by atoms with Crippen LogP contribution in [0.15, 0.2) is 41.3 Å². The first-order valence-corrected chi connectivity index (χ1v) is 5.39. The molecule has 0 aliphatic heterocycles. The van der Waals surface area contributed by atoms with Crippen LogP contribution in [0, 0.1) is 0 Å². The van der Waals surface area contributed by atoms with Crippen molar-refractivity contribution in [3.05, 3.63) is 46.9 Å². The van der Waals surface area contributed by atoms with Crippen molar-refractivity contribution < 1.29 is 19.8 Å². The second-order valence-corrected chi connectivity index (χ2v) is 3.91. The molecule has 0 atom stereocenters. The molecule has 0 bridgehead atoms. The van der Waals surface area contributed by atoms with E-state index in [0.29, 0.717) is 11.8 Å². The van der Waals surface area contributed by atoms with E-state index in [-0.39, 0.29) is 4.91 Å². The van der Waals surface area contributed by atoms with Gasteiger partial charge in [-0.3, -0.25) is 0 Å². The fraction of sp³-hybridized carbons (Fsp3) is 0.0909. The van der Waals surface area contributed by atoms with Crippen molar-refractivity contribution in [2.24, 2.45) is 0 Å². The van der Waals surface area contributed by atoms with E-state index in [9.17, 15) is 19.8 Å². The predicted octanol–water partition coefficient (Wildman–Crippen LogP) is -0.697. The standard InChI is InChI=1S/C11H10O4S/c12-10(13)6-9(11(14)15)16-7-8-4-2-1-3-5-8/h1-6H,7H2,(H,12,13)(H,14,15)/p-2/b9-6-. The van der Waals surface area contributed by atoms with Crippen molar-refractivity contribution in [2.45, 2.75) is 5.75 Å². The highest BCUT2D eigenvalue weighted by molar-refractivity contribution is 8.03. The zero-order valence-corrected chi connectivity index (χ0v) is 9.03. The van der Waals surface area contributed by atoms with Crippen LogP contribution in [-0.4, -0.2) is 11.9 Å². The van der Waals surface area contributed by atoms with Crippen LogP contribution in [0.25, 0.3) is 0 Å². The van der Waals surface area contributed by atoms with E-state index < -0.39 is 11.9 Å². The Balaban J connectivity index is 2.65. The number of hydrogen-bond acceptors (Lipinski definition) is 5. The number of carboxylic acids is 2. The lowest BCUT2D eigenvalue weighted by atomic mass is 10.2. The largest absolute Gasteiger partial charge is 0.545 e. The van der Waals surface area contributed by atoms with Gasteiger partial charge in [-0.05, 0) is 11.6 Å². The minimum atomic E-state index is -1.54. The molecule has 0 radical (unpaired) electrons. The number of hydrogen-bond donors (Lipinski definition) is 0. The van der Waals surface area contributed by atoms with E-state index in [0.717, 1.165) is 17.3 Å². The quantitative estimate of drug-likeness (QED) is 0.632. The smallest absolute Gasteiger partial charge is 0.0779 e. The molecule has 0 heterocycles. The maximum absolute atomic E-state index is 10.6. The van der Waals surface area contributed by atoms with E-state index in [1.54, 1.807) is 0 Å². The number of carbonyl (C=O) groups excluding carboxylic acids is 2. The van der Waals surface area contributed by atoms with Crippen molar-refractivity contribution in [2.75, 3.05) is 0 Å². The van der Waals surface area contributed by atoms with E-state index >= 15 is 0 Å². The van der Waals surface area contributed by atoms with Gasteiger partial charge < -0.3 is 19.8 Å². The Morgan fingerprint density at radius 3 is 2.31 bits per heavy atom. The molecule has 0 amide bonds. The summed E-state index contributed by atoms with van der Waals surface area (Å²) >= 11 is 0.889.